The number of carbonyl (C=O) groups excluding carboxylic acids is 1. The molecule has 0 spiro atoms. The molecule has 10 heteroatoms. The number of amides is 1. The molecule has 9 nitrogen and oxygen atoms in total. The highest BCUT2D eigenvalue weighted by Crippen LogP contribution is 2.41. The van der Waals surface area contributed by atoms with E-state index in [1.807, 2.05) is 25.1 Å². The van der Waals surface area contributed by atoms with Gasteiger partial charge in [-0.25, -0.2) is 19.7 Å². The molecule has 2 aromatic heterocycles. The van der Waals surface area contributed by atoms with Gasteiger partial charge in [0.05, 0.1) is 47.7 Å². The lowest BCUT2D eigenvalue weighted by Crippen LogP contribution is -2.38. The van der Waals surface area contributed by atoms with Crippen molar-refractivity contribution in [1.82, 2.24) is 20.3 Å². The molecule has 2 unspecified atom stereocenters. The second-order valence-electron chi connectivity index (χ2n) is 9.07. The molecule has 0 radical (unpaired) electrons. The predicted octanol–water partition coefficient (Wildman–Crippen LogP) is 4.43. The Morgan fingerprint density at radius 3 is 3.00 bits per heavy atom. The van der Waals surface area contributed by atoms with Crippen LogP contribution in [-0.2, 0) is 15.9 Å². The van der Waals surface area contributed by atoms with Crippen molar-refractivity contribution in [3.63, 3.8) is 0 Å². The minimum atomic E-state index is -0.431. The normalized spacial score (nSPS) is 19.2. The van der Waals surface area contributed by atoms with Gasteiger partial charge in [-0.15, -0.1) is 11.3 Å². The van der Waals surface area contributed by atoms with E-state index in [1.165, 1.54) is 0 Å². The number of aromatic nitrogens is 3. The van der Waals surface area contributed by atoms with Gasteiger partial charge in [-0.1, -0.05) is 0 Å². The number of alkyl carbamates (subject to hydrolysis) is 1. The van der Waals surface area contributed by atoms with E-state index >= 15 is 0 Å². The van der Waals surface area contributed by atoms with Crippen LogP contribution in [0.3, 0.4) is 0 Å². The highest BCUT2D eigenvalue weighted by molar-refractivity contribution is 7.22. The average molecular weight is 507 g/mol. The quantitative estimate of drug-likeness (QED) is 0.424. The highest BCUT2D eigenvalue weighted by Gasteiger charge is 2.28. The number of methoxy groups -OCH3 is 1. The van der Waals surface area contributed by atoms with Gasteiger partial charge in [-0.3, -0.25) is 0 Å². The van der Waals surface area contributed by atoms with E-state index in [4.69, 9.17) is 23.9 Å². The molecule has 4 aromatic rings. The fraction of sp³-hybridized carbons (Fsp3) is 0.385. The molecule has 2 aromatic carbocycles. The Kier molecular flexibility index (Phi) is 6.06. The lowest BCUT2D eigenvalue weighted by atomic mass is 10.1. The van der Waals surface area contributed by atoms with E-state index in [1.54, 1.807) is 24.6 Å². The second kappa shape index (κ2) is 9.51. The smallest absolute Gasteiger partial charge is 0.407 e. The summed E-state index contributed by atoms with van der Waals surface area (Å²) in [7, 11) is 1.58. The van der Waals surface area contributed by atoms with Crippen LogP contribution < -0.4 is 14.8 Å². The summed E-state index contributed by atoms with van der Waals surface area (Å²) in [6.07, 6.45) is 3.28. The number of hydrogen-bond acceptors (Lipinski definition) is 9. The maximum absolute atomic E-state index is 12.2. The van der Waals surface area contributed by atoms with Crippen LogP contribution in [0, 0.1) is 6.92 Å². The van der Waals surface area contributed by atoms with Crippen molar-refractivity contribution in [2.24, 2.45) is 0 Å². The third-order valence-electron chi connectivity index (χ3n) is 6.42. The van der Waals surface area contributed by atoms with Crippen molar-refractivity contribution in [2.45, 2.75) is 38.4 Å². The van der Waals surface area contributed by atoms with Crippen LogP contribution in [0.15, 0.2) is 30.5 Å². The largest absolute Gasteiger partial charge is 0.488 e. The number of fused-ring (bicyclic) bond motifs is 4. The zero-order valence-electron chi connectivity index (χ0n) is 20.1. The van der Waals surface area contributed by atoms with E-state index in [0.29, 0.717) is 25.5 Å². The van der Waals surface area contributed by atoms with Crippen molar-refractivity contribution >= 4 is 38.7 Å². The Morgan fingerprint density at radius 1 is 1.25 bits per heavy atom. The van der Waals surface area contributed by atoms with Crippen LogP contribution in [0.25, 0.3) is 31.8 Å². The number of hydrogen-bond donors (Lipinski definition) is 1. The lowest BCUT2D eigenvalue weighted by Gasteiger charge is -2.22. The van der Waals surface area contributed by atoms with Crippen molar-refractivity contribution < 1.29 is 23.7 Å². The summed E-state index contributed by atoms with van der Waals surface area (Å²) >= 11 is 1.62. The second-order valence-corrected chi connectivity index (χ2v) is 10.1. The number of thiazole rings is 1. The number of carbonyl (C=O) groups is 1. The number of rotatable bonds is 5. The first-order chi connectivity index (χ1) is 17.6. The zero-order chi connectivity index (χ0) is 24.6. The SMILES string of the molecule is COc1cnc2c(-c3nc4ccc5c(c4s3)CC(CNC(=O)OC3CCCOC3)O5)cc(C)cc2n1. The third kappa shape index (κ3) is 4.42. The molecule has 6 rings (SSSR count). The molecule has 1 amide bonds. The van der Waals surface area contributed by atoms with Gasteiger partial charge in [0.25, 0.3) is 0 Å². The molecule has 36 heavy (non-hydrogen) atoms. The van der Waals surface area contributed by atoms with E-state index in [2.05, 4.69) is 21.4 Å². The average Bonchev–Trinajstić information content (AvgIpc) is 3.51. The van der Waals surface area contributed by atoms with Gasteiger partial charge >= 0.3 is 6.09 Å². The van der Waals surface area contributed by atoms with Crippen LogP contribution >= 0.6 is 11.3 Å². The molecular weight excluding hydrogens is 480 g/mol. The summed E-state index contributed by atoms with van der Waals surface area (Å²) in [6.45, 7) is 3.59. The minimum absolute atomic E-state index is 0.163. The molecular formula is C26H26N4O5S. The Morgan fingerprint density at radius 2 is 2.17 bits per heavy atom. The number of nitrogens with zero attached hydrogens (tertiary/aromatic N) is 3. The van der Waals surface area contributed by atoms with E-state index in [0.717, 1.165) is 68.1 Å². The zero-order valence-corrected chi connectivity index (χ0v) is 20.9. The molecule has 0 saturated carbocycles. The van der Waals surface area contributed by atoms with Gasteiger partial charge in [0, 0.05) is 24.2 Å². The Bertz CT molecular complexity index is 1450. The molecule has 0 bridgehead atoms. The molecule has 2 atom stereocenters. The molecule has 186 valence electrons. The molecule has 0 aliphatic carbocycles. The van der Waals surface area contributed by atoms with Crippen molar-refractivity contribution in [3.05, 3.63) is 41.6 Å². The summed E-state index contributed by atoms with van der Waals surface area (Å²) < 4.78 is 23.3. The van der Waals surface area contributed by atoms with Crippen LogP contribution in [0.4, 0.5) is 4.79 Å². The number of benzene rings is 2. The lowest BCUT2D eigenvalue weighted by molar-refractivity contribution is -0.0168. The molecule has 1 N–H and O–H groups in total. The molecule has 1 saturated heterocycles. The standard InChI is InChI=1S/C26H26N4O5S/c1-14-8-18(23-20(9-14)29-22(32-2)12-27-23)25-30-19-5-6-21-17(24(19)36-25)10-16(34-21)11-28-26(31)35-15-4-3-7-33-13-15/h5-6,8-9,12,15-16H,3-4,7,10-11,13H2,1-2H3,(H,28,31). The van der Waals surface area contributed by atoms with Crippen LogP contribution in [0.2, 0.25) is 0 Å². The van der Waals surface area contributed by atoms with Crippen molar-refractivity contribution in [2.75, 3.05) is 26.9 Å². The van der Waals surface area contributed by atoms with Gasteiger partial charge in [0.1, 0.15) is 23.0 Å². The minimum Gasteiger partial charge on any atom is -0.488 e. The molecule has 2 aliphatic heterocycles. The first kappa shape index (κ1) is 22.9. The molecule has 1 fully saturated rings. The summed E-state index contributed by atoms with van der Waals surface area (Å²) in [4.78, 5) is 26.3. The summed E-state index contributed by atoms with van der Waals surface area (Å²) in [5, 5.41) is 3.72. The summed E-state index contributed by atoms with van der Waals surface area (Å²) in [5.41, 5.74) is 5.61. The van der Waals surface area contributed by atoms with Crippen LogP contribution in [-0.4, -0.2) is 60.1 Å². The van der Waals surface area contributed by atoms with Crippen LogP contribution in [0.1, 0.15) is 24.0 Å². The number of ether oxygens (including phenoxy) is 4. The fourth-order valence-corrected chi connectivity index (χ4v) is 5.84. The van der Waals surface area contributed by atoms with Crippen molar-refractivity contribution in [1.29, 1.82) is 0 Å². The van der Waals surface area contributed by atoms with Crippen LogP contribution in [0.5, 0.6) is 11.6 Å². The molecule has 2 aliphatic rings. The van der Waals surface area contributed by atoms with E-state index in [9.17, 15) is 4.79 Å². The summed E-state index contributed by atoms with van der Waals surface area (Å²) in [6, 6.07) is 8.02. The highest BCUT2D eigenvalue weighted by atomic mass is 32.1. The summed E-state index contributed by atoms with van der Waals surface area (Å²) in [5.74, 6) is 1.31. The van der Waals surface area contributed by atoms with Gasteiger partial charge < -0.3 is 24.3 Å². The maximum atomic E-state index is 12.2. The first-order valence-electron chi connectivity index (χ1n) is 12.0. The van der Waals surface area contributed by atoms with Gasteiger partial charge in [0.2, 0.25) is 5.88 Å². The van der Waals surface area contributed by atoms with E-state index < -0.39 is 6.09 Å². The third-order valence-corrected chi connectivity index (χ3v) is 7.58. The Balaban J connectivity index is 1.22. The first-order valence-corrected chi connectivity index (χ1v) is 12.8. The predicted molar refractivity (Wildman–Crippen MR) is 136 cm³/mol. The van der Waals surface area contributed by atoms with Gasteiger partial charge in [0.15, 0.2) is 0 Å². The van der Waals surface area contributed by atoms with Gasteiger partial charge in [-0.05, 0) is 49.6 Å². The van der Waals surface area contributed by atoms with Crippen molar-refractivity contribution in [3.8, 4) is 22.2 Å². The Hall–Kier alpha value is -3.50. The maximum Gasteiger partial charge on any atom is 0.407 e. The Labute approximate surface area is 211 Å². The number of nitrogens with one attached hydrogen (secondary N) is 1. The fourth-order valence-electron chi connectivity index (χ4n) is 4.71. The number of aryl methyl sites for hydroxylation is 1. The van der Waals surface area contributed by atoms with Gasteiger partial charge in [-0.2, -0.15) is 0 Å². The molecule has 4 heterocycles. The van der Waals surface area contributed by atoms with E-state index in [-0.39, 0.29) is 12.2 Å². The monoisotopic (exact) mass is 506 g/mol. The topological polar surface area (TPSA) is 105 Å².